The Kier molecular flexibility index (Phi) is 3.29. The van der Waals surface area contributed by atoms with Crippen molar-refractivity contribution in [1.82, 2.24) is 5.32 Å². The van der Waals surface area contributed by atoms with Gasteiger partial charge in [-0.25, -0.2) is 0 Å². The van der Waals surface area contributed by atoms with E-state index in [2.05, 4.69) is 30.4 Å². The van der Waals surface area contributed by atoms with Crippen LogP contribution in [0.25, 0.3) is 0 Å². The quantitative estimate of drug-likeness (QED) is 0.882. The lowest BCUT2D eigenvalue weighted by molar-refractivity contribution is 0.168. The van der Waals surface area contributed by atoms with Crippen LogP contribution in [0.15, 0.2) is 18.2 Å². The van der Waals surface area contributed by atoms with E-state index in [0.717, 1.165) is 31.9 Å². The molecule has 0 unspecified atom stereocenters. The number of nitrogens with one attached hydrogen (secondary N) is 1. The Balaban J connectivity index is 1.66. The van der Waals surface area contributed by atoms with E-state index in [0.29, 0.717) is 5.41 Å². The highest BCUT2D eigenvalue weighted by atomic mass is 16.5. The number of benzene rings is 1. The van der Waals surface area contributed by atoms with Crippen molar-refractivity contribution in [3.8, 4) is 5.75 Å². The third-order valence-electron chi connectivity index (χ3n) is 4.46. The van der Waals surface area contributed by atoms with Gasteiger partial charge in [-0.15, -0.1) is 0 Å². The van der Waals surface area contributed by atoms with E-state index in [1.54, 1.807) is 0 Å². The minimum Gasteiger partial charge on any atom is -0.493 e. The monoisotopic (exact) mass is 245 g/mol. The fourth-order valence-corrected chi connectivity index (χ4v) is 3.18. The maximum absolute atomic E-state index is 6.03. The molecular formula is C16H23NO. The molecule has 1 aliphatic carbocycles. The zero-order valence-corrected chi connectivity index (χ0v) is 11.3. The number of rotatable bonds is 3. The summed E-state index contributed by atoms with van der Waals surface area (Å²) in [6, 6.07) is 6.60. The first-order valence-electron chi connectivity index (χ1n) is 7.21. The van der Waals surface area contributed by atoms with Gasteiger partial charge in [0.2, 0.25) is 0 Å². The minimum atomic E-state index is 0.411. The lowest BCUT2D eigenvalue weighted by atomic mass is 9.90. The van der Waals surface area contributed by atoms with Gasteiger partial charge in [-0.2, -0.15) is 0 Å². The van der Waals surface area contributed by atoms with E-state index in [1.165, 1.54) is 36.8 Å². The summed E-state index contributed by atoms with van der Waals surface area (Å²) >= 11 is 0. The van der Waals surface area contributed by atoms with Crippen LogP contribution in [-0.2, 0) is 13.0 Å². The standard InChI is InChI=1S/C16H23NO/c1-16(7-2-3-8-16)12-18-15-5-4-13-6-9-17-11-14(13)10-15/h4-5,10,17H,2-3,6-9,11-12H2,1H3. The van der Waals surface area contributed by atoms with E-state index in [4.69, 9.17) is 4.74 Å². The van der Waals surface area contributed by atoms with Crippen LogP contribution in [0.4, 0.5) is 0 Å². The molecule has 3 rings (SSSR count). The number of hydrogen-bond acceptors (Lipinski definition) is 2. The molecule has 1 aromatic carbocycles. The highest BCUT2D eigenvalue weighted by Gasteiger charge is 2.29. The summed E-state index contributed by atoms with van der Waals surface area (Å²) in [6.45, 7) is 5.33. The van der Waals surface area contributed by atoms with Crippen molar-refractivity contribution in [3.05, 3.63) is 29.3 Å². The Bertz CT molecular complexity index is 421. The Morgan fingerprint density at radius 2 is 2.06 bits per heavy atom. The smallest absolute Gasteiger partial charge is 0.119 e. The highest BCUT2D eigenvalue weighted by Crippen LogP contribution is 2.38. The first-order chi connectivity index (χ1) is 8.75. The van der Waals surface area contributed by atoms with Gasteiger partial charge in [-0.05, 0) is 49.1 Å². The Morgan fingerprint density at radius 1 is 1.22 bits per heavy atom. The molecule has 1 aliphatic heterocycles. The average Bonchev–Trinajstić information content (AvgIpc) is 2.84. The lowest BCUT2D eigenvalue weighted by Crippen LogP contribution is -2.24. The molecule has 1 N–H and O–H groups in total. The molecule has 98 valence electrons. The van der Waals surface area contributed by atoms with Gasteiger partial charge in [-0.1, -0.05) is 25.8 Å². The summed E-state index contributed by atoms with van der Waals surface area (Å²) in [6.07, 6.45) is 6.52. The minimum absolute atomic E-state index is 0.411. The van der Waals surface area contributed by atoms with Crippen molar-refractivity contribution in [3.63, 3.8) is 0 Å². The lowest BCUT2D eigenvalue weighted by Gasteiger charge is -2.24. The predicted octanol–water partition coefficient (Wildman–Crippen LogP) is 3.29. The molecule has 0 aromatic heterocycles. The molecule has 0 radical (unpaired) electrons. The molecule has 0 amide bonds. The number of fused-ring (bicyclic) bond motifs is 1. The molecule has 0 bridgehead atoms. The topological polar surface area (TPSA) is 21.3 Å². The maximum Gasteiger partial charge on any atom is 0.119 e. The molecule has 0 atom stereocenters. The van der Waals surface area contributed by atoms with Gasteiger partial charge in [0.25, 0.3) is 0 Å². The second kappa shape index (κ2) is 4.93. The van der Waals surface area contributed by atoms with E-state index in [-0.39, 0.29) is 0 Å². The van der Waals surface area contributed by atoms with Gasteiger partial charge in [0, 0.05) is 12.0 Å². The fourth-order valence-electron chi connectivity index (χ4n) is 3.18. The normalized spacial score (nSPS) is 21.6. The highest BCUT2D eigenvalue weighted by molar-refractivity contribution is 5.37. The zero-order valence-electron chi connectivity index (χ0n) is 11.3. The fraction of sp³-hybridized carbons (Fsp3) is 0.625. The molecule has 18 heavy (non-hydrogen) atoms. The summed E-state index contributed by atoms with van der Waals surface area (Å²) in [5.74, 6) is 1.05. The third kappa shape index (κ3) is 2.54. The zero-order chi connectivity index (χ0) is 12.4. The van der Waals surface area contributed by atoms with E-state index >= 15 is 0 Å². The van der Waals surface area contributed by atoms with Crippen LogP contribution in [0.3, 0.4) is 0 Å². The van der Waals surface area contributed by atoms with Crippen molar-refractivity contribution < 1.29 is 4.74 Å². The van der Waals surface area contributed by atoms with Gasteiger partial charge in [0.05, 0.1) is 6.61 Å². The van der Waals surface area contributed by atoms with E-state index in [1.807, 2.05) is 0 Å². The Labute approximate surface area is 110 Å². The van der Waals surface area contributed by atoms with E-state index in [9.17, 15) is 0 Å². The molecule has 1 heterocycles. The first-order valence-corrected chi connectivity index (χ1v) is 7.21. The van der Waals surface area contributed by atoms with Gasteiger partial charge in [-0.3, -0.25) is 0 Å². The van der Waals surface area contributed by atoms with Crippen LogP contribution in [-0.4, -0.2) is 13.2 Å². The van der Waals surface area contributed by atoms with Crippen LogP contribution >= 0.6 is 0 Å². The molecule has 0 spiro atoms. The molecule has 2 aliphatic rings. The molecule has 2 heteroatoms. The number of ether oxygens (including phenoxy) is 1. The summed E-state index contributed by atoms with van der Waals surface area (Å²) in [5.41, 5.74) is 3.30. The van der Waals surface area contributed by atoms with Crippen molar-refractivity contribution in [2.45, 2.75) is 45.6 Å². The summed E-state index contributed by atoms with van der Waals surface area (Å²) in [4.78, 5) is 0. The molecule has 1 aromatic rings. The molecule has 0 saturated heterocycles. The third-order valence-corrected chi connectivity index (χ3v) is 4.46. The molecule has 1 fully saturated rings. The molecular weight excluding hydrogens is 222 g/mol. The van der Waals surface area contributed by atoms with Crippen molar-refractivity contribution >= 4 is 0 Å². The molecule has 2 nitrogen and oxygen atoms in total. The van der Waals surface area contributed by atoms with Gasteiger partial charge >= 0.3 is 0 Å². The largest absolute Gasteiger partial charge is 0.493 e. The first kappa shape index (κ1) is 12.0. The average molecular weight is 245 g/mol. The SMILES string of the molecule is CC1(COc2ccc3c(c2)CNCC3)CCCC1. The Hall–Kier alpha value is -1.02. The van der Waals surface area contributed by atoms with Crippen molar-refractivity contribution in [2.75, 3.05) is 13.2 Å². The summed E-state index contributed by atoms with van der Waals surface area (Å²) in [7, 11) is 0. The van der Waals surface area contributed by atoms with Crippen LogP contribution < -0.4 is 10.1 Å². The molecule has 1 saturated carbocycles. The van der Waals surface area contributed by atoms with Crippen LogP contribution in [0.2, 0.25) is 0 Å². The summed E-state index contributed by atoms with van der Waals surface area (Å²) in [5, 5.41) is 3.42. The van der Waals surface area contributed by atoms with Crippen molar-refractivity contribution in [1.29, 1.82) is 0 Å². The van der Waals surface area contributed by atoms with Gasteiger partial charge < -0.3 is 10.1 Å². The van der Waals surface area contributed by atoms with Crippen LogP contribution in [0, 0.1) is 5.41 Å². The predicted molar refractivity (Wildman–Crippen MR) is 73.9 cm³/mol. The summed E-state index contributed by atoms with van der Waals surface area (Å²) < 4.78 is 6.03. The van der Waals surface area contributed by atoms with Crippen LogP contribution in [0.5, 0.6) is 5.75 Å². The van der Waals surface area contributed by atoms with Crippen LogP contribution in [0.1, 0.15) is 43.7 Å². The second-order valence-corrected chi connectivity index (χ2v) is 6.16. The van der Waals surface area contributed by atoms with Gasteiger partial charge in [0.15, 0.2) is 0 Å². The Morgan fingerprint density at radius 3 is 2.89 bits per heavy atom. The number of hydrogen-bond donors (Lipinski definition) is 1. The van der Waals surface area contributed by atoms with Gasteiger partial charge in [0.1, 0.15) is 5.75 Å². The maximum atomic E-state index is 6.03. The van der Waals surface area contributed by atoms with E-state index < -0.39 is 0 Å². The van der Waals surface area contributed by atoms with Crippen molar-refractivity contribution in [2.24, 2.45) is 5.41 Å². The second-order valence-electron chi connectivity index (χ2n) is 6.16.